The monoisotopic (exact) mass is 444 g/mol. The number of pyridine rings is 1. The van der Waals surface area contributed by atoms with E-state index in [-0.39, 0.29) is 27.4 Å². The van der Waals surface area contributed by atoms with Gasteiger partial charge in [-0.15, -0.1) is 0 Å². The second-order valence-corrected chi connectivity index (χ2v) is 9.35. The Labute approximate surface area is 164 Å². The molecule has 0 saturated heterocycles. The van der Waals surface area contributed by atoms with Crippen molar-refractivity contribution in [3.8, 4) is 0 Å². The van der Waals surface area contributed by atoms with Gasteiger partial charge < -0.3 is 14.8 Å². The van der Waals surface area contributed by atoms with Crippen LogP contribution in [0.3, 0.4) is 0 Å². The summed E-state index contributed by atoms with van der Waals surface area (Å²) in [5, 5.41) is -0.910. The van der Waals surface area contributed by atoms with E-state index >= 15 is 0 Å². The fraction of sp³-hybridized carbons (Fsp3) is 0.0625. The van der Waals surface area contributed by atoms with Gasteiger partial charge in [0.05, 0.1) is 11.6 Å². The minimum atomic E-state index is -4.85. The number of sulfonamides is 1. The first-order chi connectivity index (χ1) is 13.1. The zero-order valence-electron chi connectivity index (χ0n) is 14.0. The molecule has 0 fully saturated rings. The minimum absolute atomic E-state index is 0.0268. The van der Waals surface area contributed by atoms with Gasteiger partial charge in [0.1, 0.15) is 10.2 Å². The van der Waals surface area contributed by atoms with Crippen molar-refractivity contribution < 1.29 is 27.6 Å². The van der Waals surface area contributed by atoms with Crippen LogP contribution in [0.1, 0.15) is 5.56 Å². The second kappa shape index (κ2) is 7.76. The van der Waals surface area contributed by atoms with E-state index in [9.17, 15) is 27.6 Å². The molecule has 0 aliphatic rings. The Morgan fingerprint density at radius 2 is 1.82 bits per heavy atom. The molecule has 4 N–H and O–H groups in total. The first-order valence-electron chi connectivity index (χ1n) is 7.68. The van der Waals surface area contributed by atoms with Gasteiger partial charge in [-0.2, -0.15) is 0 Å². The van der Waals surface area contributed by atoms with Crippen molar-refractivity contribution in [3.63, 3.8) is 0 Å². The summed E-state index contributed by atoms with van der Waals surface area (Å²) in [5.41, 5.74) is -0.133. The van der Waals surface area contributed by atoms with Crippen LogP contribution in [-0.4, -0.2) is 23.2 Å². The highest BCUT2D eigenvalue weighted by molar-refractivity contribution is 7.89. The Morgan fingerprint density at radius 1 is 1.14 bits per heavy atom. The van der Waals surface area contributed by atoms with Crippen molar-refractivity contribution >= 4 is 45.4 Å². The molecule has 0 bridgehead atoms. The number of nitrogens with one attached hydrogen (secondary N) is 2. The summed E-state index contributed by atoms with van der Waals surface area (Å²) >= 11 is 6.02. The Morgan fingerprint density at radius 3 is 2.46 bits per heavy atom. The van der Waals surface area contributed by atoms with E-state index in [1.54, 1.807) is 30.3 Å². The van der Waals surface area contributed by atoms with Gasteiger partial charge in [0.15, 0.2) is 0 Å². The summed E-state index contributed by atoms with van der Waals surface area (Å²) in [5.74, 6) is 0. The number of hydrogen-bond donors (Lipinski definition) is 4. The van der Waals surface area contributed by atoms with Crippen LogP contribution in [0, 0.1) is 0 Å². The van der Waals surface area contributed by atoms with Crippen molar-refractivity contribution in [1.29, 1.82) is 0 Å². The smallest absolute Gasteiger partial charge is 0.321 e. The van der Waals surface area contributed by atoms with Gasteiger partial charge in [0, 0.05) is 10.9 Å². The molecular weight excluding hydrogens is 431 g/mol. The van der Waals surface area contributed by atoms with E-state index < -0.39 is 28.5 Å². The number of fused-ring (bicyclic) bond motifs is 1. The predicted octanol–water partition coefficient (Wildman–Crippen LogP) is 1.39. The van der Waals surface area contributed by atoms with Crippen LogP contribution >= 0.6 is 19.2 Å². The third-order valence-corrected chi connectivity index (χ3v) is 6.37. The molecule has 148 valence electrons. The van der Waals surface area contributed by atoms with Crippen LogP contribution in [0.15, 0.2) is 58.2 Å². The fourth-order valence-corrected chi connectivity index (χ4v) is 4.43. The van der Waals surface area contributed by atoms with E-state index in [0.717, 1.165) is 17.7 Å². The number of H-pyrrole nitrogens is 1. The third-order valence-electron chi connectivity index (χ3n) is 3.73. The molecule has 3 aromatic rings. The normalized spacial score (nSPS) is 12.4. The van der Waals surface area contributed by atoms with Crippen molar-refractivity contribution in [2.75, 3.05) is 0 Å². The molecule has 12 heteroatoms. The molecule has 0 aliphatic carbocycles. The molecule has 28 heavy (non-hydrogen) atoms. The molecule has 2 aromatic carbocycles. The van der Waals surface area contributed by atoms with E-state index in [1.807, 2.05) is 4.89 Å². The Hall–Kier alpha value is -2.04. The summed E-state index contributed by atoms with van der Waals surface area (Å²) in [6, 6.07) is 12.0. The molecule has 0 radical (unpaired) electrons. The largest absolute Gasteiger partial charge is 0.361 e. The lowest BCUT2D eigenvalue weighted by molar-refractivity contribution is 0.0795. The molecule has 0 saturated carbocycles. The molecule has 0 amide bonds. The van der Waals surface area contributed by atoms with Crippen molar-refractivity contribution in [2.45, 2.75) is 11.5 Å². The van der Waals surface area contributed by atoms with Crippen molar-refractivity contribution in [3.05, 3.63) is 69.5 Å². The lowest BCUT2D eigenvalue weighted by atomic mass is 10.2. The molecule has 1 heterocycles. The van der Waals surface area contributed by atoms with Gasteiger partial charge in [-0.1, -0.05) is 46.8 Å². The number of aromatic nitrogens is 1. The van der Waals surface area contributed by atoms with Gasteiger partial charge in [-0.3, -0.25) is 14.2 Å². The maximum Gasteiger partial charge on any atom is 0.361 e. The molecule has 0 unspecified atom stereocenters. The second-order valence-electron chi connectivity index (χ2n) is 5.76. The van der Waals surface area contributed by atoms with E-state index in [4.69, 9.17) is 16.4 Å². The van der Waals surface area contributed by atoms with Crippen LogP contribution in [0.2, 0.25) is 5.02 Å². The highest BCUT2D eigenvalue weighted by atomic mass is 35.5. The maximum atomic E-state index is 12.5. The van der Waals surface area contributed by atoms with Gasteiger partial charge in [-0.05, 0) is 23.8 Å². The van der Waals surface area contributed by atoms with Crippen LogP contribution in [0.4, 0.5) is 0 Å². The first-order valence-corrected chi connectivity index (χ1v) is 11.2. The Bertz CT molecular complexity index is 1240. The van der Waals surface area contributed by atoms with Crippen LogP contribution in [0.25, 0.3) is 10.9 Å². The number of aromatic amines is 1. The summed E-state index contributed by atoms with van der Waals surface area (Å²) in [6.07, 6.45) is 0. The quantitative estimate of drug-likeness (QED) is 0.332. The first kappa shape index (κ1) is 20.7. The Balaban J connectivity index is 1.94. The fourth-order valence-electron chi connectivity index (χ4n) is 2.43. The highest BCUT2D eigenvalue weighted by Crippen LogP contribution is 2.33. The third kappa shape index (κ3) is 4.50. The van der Waals surface area contributed by atoms with Crippen LogP contribution in [0.5, 0.6) is 0 Å². The van der Waals surface area contributed by atoms with Crippen molar-refractivity contribution in [1.82, 2.24) is 9.87 Å². The molecule has 1 aromatic heterocycles. The van der Waals surface area contributed by atoms with Crippen molar-refractivity contribution in [2.24, 2.45) is 0 Å². The topological polar surface area (TPSA) is 146 Å². The lowest BCUT2D eigenvalue weighted by Crippen LogP contribution is -2.27. The molecule has 0 atom stereocenters. The van der Waals surface area contributed by atoms with E-state index in [2.05, 4.69) is 4.98 Å². The SMILES string of the molecule is O=c1[nH]c2cc(Cl)c(S(=O)(=O)NOCc3ccccc3)cc2cc1P(=O)(O)O. The number of halogens is 1. The summed E-state index contributed by atoms with van der Waals surface area (Å²) in [7, 11) is -9.05. The molecular formula is C16H14ClN2O7PS. The average Bonchev–Trinajstić information content (AvgIpc) is 2.60. The average molecular weight is 445 g/mol. The molecule has 3 rings (SSSR count). The van der Waals surface area contributed by atoms with Crippen LogP contribution < -0.4 is 15.7 Å². The summed E-state index contributed by atoms with van der Waals surface area (Å²) < 4.78 is 36.4. The zero-order chi connectivity index (χ0) is 20.5. The van der Waals surface area contributed by atoms with Gasteiger partial charge in [0.2, 0.25) is 0 Å². The number of benzene rings is 2. The minimum Gasteiger partial charge on any atom is -0.321 e. The predicted molar refractivity (Wildman–Crippen MR) is 103 cm³/mol. The molecule has 9 nitrogen and oxygen atoms in total. The highest BCUT2D eigenvalue weighted by Gasteiger charge is 2.24. The molecule has 0 spiro atoms. The van der Waals surface area contributed by atoms with Crippen LogP contribution in [-0.2, 0) is 26.0 Å². The zero-order valence-corrected chi connectivity index (χ0v) is 16.5. The summed E-state index contributed by atoms with van der Waals surface area (Å²) in [6.45, 7) is -0.0268. The molecule has 0 aliphatic heterocycles. The number of hydrogen-bond acceptors (Lipinski definition) is 5. The van der Waals surface area contributed by atoms with Gasteiger partial charge in [0.25, 0.3) is 15.6 Å². The summed E-state index contributed by atoms with van der Waals surface area (Å²) in [4.78, 5) is 39.2. The van der Waals surface area contributed by atoms with E-state index in [1.165, 1.54) is 6.07 Å². The standard InChI is InChI=1S/C16H14ClN2O7PS/c17-12-8-13-11(6-14(16(20)18-13)27(21,22)23)7-15(12)28(24,25)19-26-9-10-4-2-1-3-5-10/h1-8,19H,9H2,(H,18,20)(H2,21,22,23). The van der Waals surface area contributed by atoms with E-state index in [0.29, 0.717) is 0 Å². The number of rotatable bonds is 6. The van der Waals surface area contributed by atoms with Gasteiger partial charge in [-0.25, -0.2) is 8.42 Å². The Kier molecular flexibility index (Phi) is 5.74. The maximum absolute atomic E-state index is 12.5. The van der Waals surface area contributed by atoms with Gasteiger partial charge >= 0.3 is 7.60 Å². The lowest BCUT2D eigenvalue weighted by Gasteiger charge is -2.11.